The van der Waals surface area contributed by atoms with E-state index in [9.17, 15) is 0 Å². The predicted molar refractivity (Wildman–Crippen MR) is 68.7 cm³/mol. The summed E-state index contributed by atoms with van der Waals surface area (Å²) in [5.41, 5.74) is 1.66. The zero-order valence-corrected chi connectivity index (χ0v) is 10.4. The van der Waals surface area contributed by atoms with Crippen LogP contribution in [0.15, 0.2) is 36.5 Å². The van der Waals surface area contributed by atoms with E-state index in [1.54, 1.807) is 6.20 Å². The summed E-state index contributed by atoms with van der Waals surface area (Å²) in [5, 5.41) is 28.9. The van der Waals surface area contributed by atoms with Crippen LogP contribution in [0.3, 0.4) is 0 Å². The largest absolute Gasteiger partial charge is 0.394 e. The van der Waals surface area contributed by atoms with Crippen molar-refractivity contribution in [3.8, 4) is 6.07 Å². The van der Waals surface area contributed by atoms with E-state index in [1.807, 2.05) is 30.3 Å². The Morgan fingerprint density at radius 2 is 2.16 bits per heavy atom. The lowest BCUT2D eigenvalue weighted by Gasteiger charge is -2.08. The molecule has 1 aromatic heterocycles. The molecule has 0 saturated carbocycles. The molecule has 0 aliphatic rings. The summed E-state index contributed by atoms with van der Waals surface area (Å²) < 4.78 is 1.52. The third kappa shape index (κ3) is 3.61. The van der Waals surface area contributed by atoms with Crippen molar-refractivity contribution >= 4 is 0 Å². The number of hydrogen-bond donors (Lipinski definition) is 2. The van der Waals surface area contributed by atoms with E-state index in [1.165, 1.54) is 4.68 Å². The second-order valence-electron chi connectivity index (χ2n) is 4.06. The quantitative estimate of drug-likeness (QED) is 0.792. The number of hydrogen-bond acceptors (Lipinski definition) is 5. The molecule has 2 N–H and O–H groups in total. The molecular formula is C13H15N5O. The van der Waals surface area contributed by atoms with Gasteiger partial charge in [-0.3, -0.25) is 5.32 Å². The van der Waals surface area contributed by atoms with Crippen molar-refractivity contribution in [1.29, 1.82) is 5.26 Å². The average Bonchev–Trinajstić information content (AvgIpc) is 2.90. The predicted octanol–water partition coefficient (Wildman–Crippen LogP) is 0.625. The van der Waals surface area contributed by atoms with E-state index in [4.69, 9.17) is 10.4 Å². The summed E-state index contributed by atoms with van der Waals surface area (Å²) in [4.78, 5) is 0. The zero-order chi connectivity index (χ0) is 13.5. The third-order valence-electron chi connectivity index (χ3n) is 2.66. The topological polar surface area (TPSA) is 86.8 Å². The van der Waals surface area contributed by atoms with Crippen LogP contribution >= 0.6 is 0 Å². The van der Waals surface area contributed by atoms with Gasteiger partial charge in [-0.1, -0.05) is 35.5 Å². The molecule has 6 nitrogen and oxygen atoms in total. The first kappa shape index (κ1) is 13.2. The Kier molecular flexibility index (Phi) is 4.61. The first-order chi connectivity index (χ1) is 9.33. The maximum absolute atomic E-state index is 9.16. The lowest BCUT2D eigenvalue weighted by atomic mass is 10.2. The van der Waals surface area contributed by atoms with Gasteiger partial charge in [0, 0.05) is 6.54 Å². The molecule has 0 bridgehead atoms. The minimum atomic E-state index is -0.507. The number of aliphatic hydroxyl groups is 1. The monoisotopic (exact) mass is 257 g/mol. The van der Waals surface area contributed by atoms with E-state index < -0.39 is 6.04 Å². The molecule has 2 aromatic rings. The summed E-state index contributed by atoms with van der Waals surface area (Å²) in [7, 11) is 0. The average molecular weight is 257 g/mol. The first-order valence-electron chi connectivity index (χ1n) is 6.01. The van der Waals surface area contributed by atoms with Gasteiger partial charge in [-0.2, -0.15) is 5.26 Å². The Morgan fingerprint density at radius 3 is 2.84 bits per heavy atom. The van der Waals surface area contributed by atoms with Crippen molar-refractivity contribution in [1.82, 2.24) is 20.3 Å². The van der Waals surface area contributed by atoms with Crippen molar-refractivity contribution in [2.24, 2.45) is 0 Å². The Hall–Kier alpha value is -2.23. The number of rotatable bonds is 6. The summed E-state index contributed by atoms with van der Waals surface area (Å²) in [6.07, 6.45) is 1.67. The fraction of sp³-hybridized carbons (Fsp3) is 0.308. The van der Waals surface area contributed by atoms with Crippen LogP contribution in [0, 0.1) is 11.3 Å². The molecule has 1 atom stereocenters. The standard InChI is InChI=1S/C13H15N5O/c14-8-12(13-10-18(6-7-19)17-16-13)15-9-11-4-2-1-3-5-11/h1-5,10,12,15,19H,6-7,9H2. The van der Waals surface area contributed by atoms with E-state index in [0.717, 1.165) is 5.56 Å². The van der Waals surface area contributed by atoms with Gasteiger partial charge in [0.15, 0.2) is 0 Å². The molecule has 98 valence electrons. The number of nitrogens with one attached hydrogen (secondary N) is 1. The smallest absolute Gasteiger partial charge is 0.142 e. The van der Waals surface area contributed by atoms with Gasteiger partial charge in [0.05, 0.1) is 25.4 Å². The van der Waals surface area contributed by atoms with Crippen LogP contribution in [0.4, 0.5) is 0 Å². The zero-order valence-electron chi connectivity index (χ0n) is 10.4. The van der Waals surface area contributed by atoms with Gasteiger partial charge < -0.3 is 5.11 Å². The van der Waals surface area contributed by atoms with Gasteiger partial charge >= 0.3 is 0 Å². The molecule has 0 amide bonds. The number of nitrogens with zero attached hydrogens (tertiary/aromatic N) is 4. The summed E-state index contributed by atoms with van der Waals surface area (Å²) >= 11 is 0. The molecule has 0 spiro atoms. The number of aromatic nitrogens is 3. The first-order valence-corrected chi connectivity index (χ1v) is 6.01. The van der Waals surface area contributed by atoms with Gasteiger partial charge in [0.1, 0.15) is 11.7 Å². The molecule has 6 heteroatoms. The molecule has 0 saturated heterocycles. The van der Waals surface area contributed by atoms with Gasteiger partial charge in [-0.15, -0.1) is 5.10 Å². The number of aliphatic hydroxyl groups excluding tert-OH is 1. The lowest BCUT2D eigenvalue weighted by Crippen LogP contribution is -2.19. The van der Waals surface area contributed by atoms with Crippen molar-refractivity contribution in [2.75, 3.05) is 6.61 Å². The summed E-state index contributed by atoms with van der Waals surface area (Å²) in [5.74, 6) is 0. The second-order valence-corrected chi connectivity index (χ2v) is 4.06. The number of nitriles is 1. The molecule has 0 fully saturated rings. The van der Waals surface area contributed by atoms with Crippen LogP contribution < -0.4 is 5.32 Å². The van der Waals surface area contributed by atoms with Crippen LogP contribution in [-0.2, 0) is 13.1 Å². The second kappa shape index (κ2) is 6.64. The van der Waals surface area contributed by atoms with E-state index >= 15 is 0 Å². The van der Waals surface area contributed by atoms with Gasteiger partial charge in [0.25, 0.3) is 0 Å². The van der Waals surface area contributed by atoms with Crippen molar-refractivity contribution < 1.29 is 5.11 Å². The van der Waals surface area contributed by atoms with E-state index in [0.29, 0.717) is 18.8 Å². The minimum Gasteiger partial charge on any atom is -0.394 e. The Morgan fingerprint density at radius 1 is 1.37 bits per heavy atom. The fourth-order valence-corrected chi connectivity index (χ4v) is 1.69. The third-order valence-corrected chi connectivity index (χ3v) is 2.66. The normalized spacial score (nSPS) is 12.0. The fourth-order valence-electron chi connectivity index (χ4n) is 1.69. The molecule has 0 aliphatic heterocycles. The number of benzene rings is 1. The highest BCUT2D eigenvalue weighted by atomic mass is 16.3. The van der Waals surface area contributed by atoms with E-state index in [2.05, 4.69) is 21.7 Å². The van der Waals surface area contributed by atoms with E-state index in [-0.39, 0.29) is 6.61 Å². The Labute approximate surface area is 111 Å². The van der Waals surface area contributed by atoms with Crippen LogP contribution in [-0.4, -0.2) is 26.7 Å². The molecule has 1 unspecified atom stereocenters. The summed E-state index contributed by atoms with van der Waals surface area (Å²) in [6, 6.07) is 11.5. The van der Waals surface area contributed by atoms with Crippen molar-refractivity contribution in [2.45, 2.75) is 19.1 Å². The maximum atomic E-state index is 9.16. The van der Waals surface area contributed by atoms with Gasteiger partial charge in [-0.25, -0.2) is 4.68 Å². The molecule has 1 heterocycles. The van der Waals surface area contributed by atoms with Crippen LogP contribution in [0.2, 0.25) is 0 Å². The van der Waals surface area contributed by atoms with Gasteiger partial charge in [0.2, 0.25) is 0 Å². The Bertz CT molecular complexity index is 546. The van der Waals surface area contributed by atoms with Crippen LogP contribution in [0.5, 0.6) is 0 Å². The molecule has 2 rings (SSSR count). The van der Waals surface area contributed by atoms with Crippen LogP contribution in [0.1, 0.15) is 17.3 Å². The molecule has 1 aromatic carbocycles. The molecular weight excluding hydrogens is 242 g/mol. The van der Waals surface area contributed by atoms with Gasteiger partial charge in [-0.05, 0) is 5.56 Å². The van der Waals surface area contributed by atoms with Crippen molar-refractivity contribution in [3.63, 3.8) is 0 Å². The highest BCUT2D eigenvalue weighted by molar-refractivity contribution is 5.16. The SMILES string of the molecule is N#CC(NCc1ccccc1)c1cn(CCO)nn1. The van der Waals surface area contributed by atoms with Crippen molar-refractivity contribution in [3.05, 3.63) is 47.8 Å². The summed E-state index contributed by atoms with van der Waals surface area (Å²) in [6.45, 7) is 0.966. The lowest BCUT2D eigenvalue weighted by molar-refractivity contribution is 0.268. The Balaban J connectivity index is 1.98. The maximum Gasteiger partial charge on any atom is 0.142 e. The highest BCUT2D eigenvalue weighted by Gasteiger charge is 2.13. The van der Waals surface area contributed by atoms with Crippen LogP contribution in [0.25, 0.3) is 0 Å². The minimum absolute atomic E-state index is 0.00252. The molecule has 0 radical (unpaired) electrons. The highest BCUT2D eigenvalue weighted by Crippen LogP contribution is 2.09. The molecule has 0 aliphatic carbocycles. The molecule has 19 heavy (non-hydrogen) atoms.